The van der Waals surface area contributed by atoms with E-state index in [1.54, 1.807) is 12.1 Å². The first kappa shape index (κ1) is 13.7. The van der Waals surface area contributed by atoms with Crippen LogP contribution in [0.25, 0.3) is 10.8 Å². The lowest BCUT2D eigenvalue weighted by atomic mass is 10.0. The largest absolute Gasteiger partial charge is 0.506 e. The lowest BCUT2D eigenvalue weighted by Gasteiger charge is -2.11. The Balaban J connectivity index is 2.25. The number of aromatic hydroxyl groups is 1. The molecule has 2 aromatic rings. The van der Waals surface area contributed by atoms with E-state index < -0.39 is 0 Å². The van der Waals surface area contributed by atoms with Crippen molar-refractivity contribution in [3.05, 3.63) is 42.0 Å². The van der Waals surface area contributed by atoms with Crippen molar-refractivity contribution in [2.24, 2.45) is 0 Å². The Morgan fingerprint density at radius 2 is 2.05 bits per heavy atom. The zero-order valence-corrected chi connectivity index (χ0v) is 11.4. The Morgan fingerprint density at radius 3 is 2.79 bits per heavy atom. The van der Waals surface area contributed by atoms with Crippen LogP contribution in [0.3, 0.4) is 0 Å². The fourth-order valence-corrected chi connectivity index (χ4v) is 1.96. The zero-order valence-electron chi connectivity index (χ0n) is 10.7. The Morgan fingerprint density at radius 1 is 1.32 bits per heavy atom. The minimum atomic E-state index is -0.303. The molecule has 19 heavy (non-hydrogen) atoms. The van der Waals surface area contributed by atoms with E-state index in [2.05, 4.69) is 5.32 Å². The van der Waals surface area contributed by atoms with Crippen molar-refractivity contribution in [3.63, 3.8) is 0 Å². The number of phenolic OH excluding ortho intramolecular Hbond substituents is 1. The summed E-state index contributed by atoms with van der Waals surface area (Å²) in [6.07, 6.45) is 0.783. The van der Waals surface area contributed by atoms with Gasteiger partial charge in [0.15, 0.2) is 0 Å². The summed E-state index contributed by atoms with van der Waals surface area (Å²) < 4.78 is 0. The summed E-state index contributed by atoms with van der Waals surface area (Å²) in [4.78, 5) is 12.0. The highest BCUT2D eigenvalue weighted by Crippen LogP contribution is 2.28. The maximum Gasteiger partial charge on any atom is 0.255 e. The van der Waals surface area contributed by atoms with Gasteiger partial charge in [0.05, 0.1) is 10.9 Å². The highest BCUT2D eigenvalue weighted by molar-refractivity contribution is 6.21. The molecule has 0 aliphatic rings. The van der Waals surface area contributed by atoms with Crippen molar-refractivity contribution in [1.82, 2.24) is 5.32 Å². The molecular formula is C15H16ClNO2. The molecular weight excluding hydrogens is 262 g/mol. The van der Waals surface area contributed by atoms with E-state index in [9.17, 15) is 9.90 Å². The van der Waals surface area contributed by atoms with E-state index in [0.29, 0.717) is 11.9 Å². The Bertz CT molecular complexity index is 598. The first-order valence-electron chi connectivity index (χ1n) is 6.26. The van der Waals surface area contributed by atoms with Gasteiger partial charge < -0.3 is 10.4 Å². The highest BCUT2D eigenvalue weighted by Gasteiger charge is 2.14. The summed E-state index contributed by atoms with van der Waals surface area (Å²) in [6.45, 7) is 2.35. The van der Waals surface area contributed by atoms with Crippen LogP contribution >= 0.6 is 11.6 Å². The van der Waals surface area contributed by atoms with Crippen LogP contribution in [0, 0.1) is 0 Å². The Hall–Kier alpha value is -1.74. The van der Waals surface area contributed by atoms with Crippen LogP contribution in [-0.4, -0.2) is 22.9 Å². The van der Waals surface area contributed by atoms with Gasteiger partial charge in [-0.1, -0.05) is 37.3 Å². The van der Waals surface area contributed by atoms with Crippen molar-refractivity contribution < 1.29 is 9.90 Å². The fraction of sp³-hybridized carbons (Fsp3) is 0.267. The molecule has 0 aromatic heterocycles. The third-order valence-electron chi connectivity index (χ3n) is 3.07. The first-order chi connectivity index (χ1) is 9.13. The molecule has 2 rings (SSSR count). The predicted molar refractivity (Wildman–Crippen MR) is 77.9 cm³/mol. The number of hydrogen-bond acceptors (Lipinski definition) is 2. The molecule has 0 aliphatic heterocycles. The number of halogens is 1. The van der Waals surface area contributed by atoms with E-state index >= 15 is 0 Å². The van der Waals surface area contributed by atoms with E-state index in [1.165, 1.54) is 0 Å². The topological polar surface area (TPSA) is 49.3 Å². The molecule has 4 heteroatoms. The SMILES string of the molecule is CCC(Cl)CNC(=O)c1ccc2ccccc2c1O. The lowest BCUT2D eigenvalue weighted by molar-refractivity contribution is 0.0951. The minimum absolute atomic E-state index is 0.0122. The standard InChI is InChI=1S/C15H16ClNO2/c1-2-11(16)9-17-15(19)13-8-7-10-5-3-4-6-12(10)14(13)18/h3-8,11,18H,2,9H2,1H3,(H,17,19). The van der Waals surface area contributed by atoms with Gasteiger partial charge in [-0.15, -0.1) is 11.6 Å². The molecule has 1 atom stereocenters. The van der Waals surface area contributed by atoms with Crippen LogP contribution in [0.5, 0.6) is 5.75 Å². The van der Waals surface area contributed by atoms with E-state index in [4.69, 9.17) is 11.6 Å². The molecule has 0 bridgehead atoms. The minimum Gasteiger partial charge on any atom is -0.506 e. The van der Waals surface area contributed by atoms with Crippen LogP contribution in [-0.2, 0) is 0 Å². The van der Waals surface area contributed by atoms with Gasteiger partial charge in [-0.05, 0) is 17.9 Å². The molecule has 3 nitrogen and oxygen atoms in total. The maximum atomic E-state index is 12.0. The van der Waals surface area contributed by atoms with Crippen LogP contribution in [0.4, 0.5) is 0 Å². The fourth-order valence-electron chi connectivity index (χ4n) is 1.88. The number of nitrogens with one attached hydrogen (secondary N) is 1. The average Bonchev–Trinajstić information content (AvgIpc) is 2.45. The van der Waals surface area contributed by atoms with Gasteiger partial charge in [-0.3, -0.25) is 4.79 Å². The Kier molecular flexibility index (Phi) is 4.27. The van der Waals surface area contributed by atoms with Crippen molar-refractivity contribution in [3.8, 4) is 5.75 Å². The molecule has 1 unspecified atom stereocenters. The highest BCUT2D eigenvalue weighted by atomic mass is 35.5. The molecule has 2 N–H and O–H groups in total. The van der Waals surface area contributed by atoms with E-state index in [1.807, 2.05) is 31.2 Å². The van der Waals surface area contributed by atoms with Gasteiger partial charge in [-0.2, -0.15) is 0 Å². The monoisotopic (exact) mass is 277 g/mol. The predicted octanol–water partition coefficient (Wildman–Crippen LogP) is 3.29. The normalized spacial score (nSPS) is 12.3. The second kappa shape index (κ2) is 5.93. The number of rotatable bonds is 4. The average molecular weight is 278 g/mol. The van der Waals surface area contributed by atoms with E-state index in [-0.39, 0.29) is 22.6 Å². The molecule has 1 amide bonds. The van der Waals surface area contributed by atoms with Gasteiger partial charge in [0.2, 0.25) is 0 Å². The van der Waals surface area contributed by atoms with Crippen LogP contribution in [0.2, 0.25) is 0 Å². The number of carbonyl (C=O) groups is 1. The Labute approximate surface area is 117 Å². The number of fused-ring (bicyclic) bond motifs is 1. The summed E-state index contributed by atoms with van der Waals surface area (Å²) in [6, 6.07) is 10.8. The summed E-state index contributed by atoms with van der Waals surface area (Å²) in [5.74, 6) is -0.291. The number of hydrogen-bond donors (Lipinski definition) is 2. The molecule has 0 aliphatic carbocycles. The maximum absolute atomic E-state index is 12.0. The smallest absolute Gasteiger partial charge is 0.255 e. The molecule has 0 fully saturated rings. The van der Waals surface area contributed by atoms with Gasteiger partial charge in [0.25, 0.3) is 5.91 Å². The third-order valence-corrected chi connectivity index (χ3v) is 3.54. The quantitative estimate of drug-likeness (QED) is 0.843. The van der Waals surface area contributed by atoms with Crippen molar-refractivity contribution >= 4 is 28.3 Å². The van der Waals surface area contributed by atoms with Crippen molar-refractivity contribution in [2.45, 2.75) is 18.7 Å². The van der Waals surface area contributed by atoms with Crippen molar-refractivity contribution in [2.75, 3.05) is 6.54 Å². The van der Waals surface area contributed by atoms with Crippen LogP contribution in [0.15, 0.2) is 36.4 Å². The zero-order chi connectivity index (χ0) is 13.8. The molecule has 100 valence electrons. The number of phenols is 1. The molecule has 0 radical (unpaired) electrons. The second-order valence-electron chi connectivity index (χ2n) is 4.40. The van der Waals surface area contributed by atoms with Gasteiger partial charge in [-0.25, -0.2) is 0 Å². The molecule has 2 aromatic carbocycles. The second-order valence-corrected chi connectivity index (χ2v) is 5.02. The first-order valence-corrected chi connectivity index (χ1v) is 6.70. The van der Waals surface area contributed by atoms with Gasteiger partial charge in [0.1, 0.15) is 5.75 Å². The van der Waals surface area contributed by atoms with Crippen LogP contribution in [0.1, 0.15) is 23.7 Å². The molecule has 0 heterocycles. The number of benzene rings is 2. The van der Waals surface area contributed by atoms with Crippen molar-refractivity contribution in [1.29, 1.82) is 0 Å². The van der Waals surface area contributed by atoms with Gasteiger partial charge in [0, 0.05) is 11.9 Å². The van der Waals surface area contributed by atoms with Gasteiger partial charge >= 0.3 is 0 Å². The van der Waals surface area contributed by atoms with Crippen LogP contribution < -0.4 is 5.32 Å². The molecule has 0 spiro atoms. The summed E-state index contributed by atoms with van der Waals surface area (Å²) in [5.41, 5.74) is 0.277. The summed E-state index contributed by atoms with van der Waals surface area (Å²) in [7, 11) is 0. The number of carbonyl (C=O) groups excluding carboxylic acids is 1. The number of amides is 1. The van der Waals surface area contributed by atoms with E-state index in [0.717, 1.165) is 11.8 Å². The molecule has 0 saturated carbocycles. The summed E-state index contributed by atoms with van der Waals surface area (Å²) >= 11 is 5.95. The molecule has 0 saturated heterocycles. The number of alkyl halides is 1. The third kappa shape index (κ3) is 2.99. The lowest BCUT2D eigenvalue weighted by Crippen LogP contribution is -2.29. The summed E-state index contributed by atoms with van der Waals surface area (Å²) in [5, 5.41) is 14.4.